The molecule has 2 aromatic rings. The van der Waals surface area contributed by atoms with Crippen molar-refractivity contribution < 1.29 is 9.59 Å². The summed E-state index contributed by atoms with van der Waals surface area (Å²) in [6.07, 6.45) is 6.38. The summed E-state index contributed by atoms with van der Waals surface area (Å²) in [6, 6.07) is 12.9. The highest BCUT2D eigenvalue weighted by Crippen LogP contribution is 2.27. The van der Waals surface area contributed by atoms with Crippen molar-refractivity contribution in [3.05, 3.63) is 48.0 Å². The molecule has 0 atom stereocenters. The summed E-state index contributed by atoms with van der Waals surface area (Å²) in [5.74, 6) is -0.103. The average Bonchev–Trinajstić information content (AvgIpc) is 2.78. The topological polar surface area (TPSA) is 73.5 Å². The van der Waals surface area contributed by atoms with E-state index in [1.165, 1.54) is 6.42 Å². The minimum Gasteiger partial charge on any atom is -0.371 e. The molecule has 1 aliphatic rings. The van der Waals surface area contributed by atoms with Gasteiger partial charge in [0.05, 0.1) is 5.56 Å². The minimum atomic E-state index is -0.336. The van der Waals surface area contributed by atoms with Crippen LogP contribution in [0.5, 0.6) is 0 Å². The van der Waals surface area contributed by atoms with E-state index in [1.54, 1.807) is 17.8 Å². The largest absolute Gasteiger partial charge is 0.371 e. The molecule has 6 nitrogen and oxygen atoms in total. The van der Waals surface area contributed by atoms with Gasteiger partial charge < -0.3 is 20.9 Å². The number of amides is 3. The SMILES string of the molecule is CCCNC(=O)c1cc(NC(=O)Nc2ccc(SC)cc2)ccc1N1CCCCC1. The highest BCUT2D eigenvalue weighted by atomic mass is 32.2. The Kier molecular flexibility index (Phi) is 8.02. The van der Waals surface area contributed by atoms with E-state index in [2.05, 4.69) is 20.9 Å². The Labute approximate surface area is 182 Å². The first kappa shape index (κ1) is 22.0. The molecule has 1 heterocycles. The molecule has 3 rings (SSSR count). The van der Waals surface area contributed by atoms with E-state index in [0.29, 0.717) is 17.8 Å². The molecule has 30 heavy (non-hydrogen) atoms. The molecule has 1 saturated heterocycles. The number of carbonyl (C=O) groups is 2. The lowest BCUT2D eigenvalue weighted by atomic mass is 10.1. The van der Waals surface area contributed by atoms with Crippen LogP contribution in [0, 0.1) is 0 Å². The molecule has 1 aliphatic heterocycles. The van der Waals surface area contributed by atoms with E-state index in [9.17, 15) is 9.59 Å². The van der Waals surface area contributed by atoms with Gasteiger partial charge in [-0.2, -0.15) is 0 Å². The van der Waals surface area contributed by atoms with Gasteiger partial charge in [0.15, 0.2) is 0 Å². The van der Waals surface area contributed by atoms with E-state index >= 15 is 0 Å². The fourth-order valence-electron chi connectivity index (χ4n) is 3.51. The zero-order valence-electron chi connectivity index (χ0n) is 17.7. The molecule has 0 spiro atoms. The van der Waals surface area contributed by atoms with Crippen molar-refractivity contribution in [2.75, 3.05) is 41.4 Å². The van der Waals surface area contributed by atoms with Crippen molar-refractivity contribution in [2.24, 2.45) is 0 Å². The van der Waals surface area contributed by atoms with Gasteiger partial charge in [-0.3, -0.25) is 4.79 Å². The Morgan fingerprint density at radius 2 is 1.63 bits per heavy atom. The Bertz CT molecular complexity index is 864. The Hall–Kier alpha value is -2.67. The number of anilines is 3. The van der Waals surface area contributed by atoms with E-state index in [0.717, 1.165) is 48.6 Å². The first-order valence-corrected chi connectivity index (χ1v) is 11.7. The molecule has 0 unspecified atom stereocenters. The molecule has 0 radical (unpaired) electrons. The second-order valence-electron chi connectivity index (χ2n) is 7.34. The van der Waals surface area contributed by atoms with Crippen LogP contribution in [0.1, 0.15) is 43.0 Å². The predicted octanol–water partition coefficient (Wildman–Crippen LogP) is 5.18. The number of rotatable bonds is 7. The normalized spacial score (nSPS) is 13.6. The summed E-state index contributed by atoms with van der Waals surface area (Å²) in [6.45, 7) is 4.56. The second kappa shape index (κ2) is 10.9. The molecule has 0 aliphatic carbocycles. The van der Waals surface area contributed by atoms with Gasteiger partial charge in [-0.1, -0.05) is 6.92 Å². The lowest BCUT2D eigenvalue weighted by Crippen LogP contribution is -2.33. The van der Waals surface area contributed by atoms with Crippen LogP contribution in [0.25, 0.3) is 0 Å². The zero-order valence-corrected chi connectivity index (χ0v) is 18.5. The van der Waals surface area contributed by atoms with Crippen molar-refractivity contribution >= 4 is 40.8 Å². The number of thioether (sulfide) groups is 1. The number of carbonyl (C=O) groups excluding carboxylic acids is 2. The van der Waals surface area contributed by atoms with Gasteiger partial charge in [0.2, 0.25) is 0 Å². The van der Waals surface area contributed by atoms with Crippen molar-refractivity contribution in [2.45, 2.75) is 37.5 Å². The summed E-state index contributed by atoms with van der Waals surface area (Å²) < 4.78 is 0. The van der Waals surface area contributed by atoms with E-state index in [4.69, 9.17) is 0 Å². The number of nitrogens with one attached hydrogen (secondary N) is 3. The first-order valence-electron chi connectivity index (χ1n) is 10.5. The predicted molar refractivity (Wildman–Crippen MR) is 126 cm³/mol. The molecule has 3 N–H and O–H groups in total. The molecule has 0 saturated carbocycles. The van der Waals surface area contributed by atoms with Crippen LogP contribution in [0.15, 0.2) is 47.4 Å². The number of urea groups is 1. The maximum Gasteiger partial charge on any atom is 0.323 e. The number of benzene rings is 2. The van der Waals surface area contributed by atoms with Crippen molar-refractivity contribution in [1.29, 1.82) is 0 Å². The molecule has 0 bridgehead atoms. The standard InChI is InChI=1S/C23H30N4O2S/c1-3-13-24-22(28)20-16-18(9-12-21(20)27-14-5-4-6-15-27)26-23(29)25-17-7-10-19(30-2)11-8-17/h7-12,16H,3-6,13-15H2,1-2H3,(H,24,28)(H2,25,26,29). The number of hydrogen-bond acceptors (Lipinski definition) is 4. The summed E-state index contributed by atoms with van der Waals surface area (Å²) in [5, 5.41) is 8.64. The smallest absolute Gasteiger partial charge is 0.323 e. The van der Waals surface area contributed by atoms with Gasteiger partial charge in [-0.05, 0) is 74.4 Å². The van der Waals surface area contributed by atoms with E-state index in [1.807, 2.05) is 49.6 Å². The lowest BCUT2D eigenvalue weighted by molar-refractivity contribution is 0.0954. The molecule has 160 valence electrons. The third-order valence-electron chi connectivity index (χ3n) is 5.08. The van der Waals surface area contributed by atoms with Gasteiger partial charge in [-0.25, -0.2) is 4.79 Å². The second-order valence-corrected chi connectivity index (χ2v) is 8.22. The van der Waals surface area contributed by atoms with Crippen LogP contribution < -0.4 is 20.9 Å². The fourth-order valence-corrected chi connectivity index (χ4v) is 3.92. The van der Waals surface area contributed by atoms with Gasteiger partial charge >= 0.3 is 6.03 Å². The summed E-state index contributed by atoms with van der Waals surface area (Å²) in [4.78, 5) is 28.6. The quantitative estimate of drug-likeness (QED) is 0.533. The van der Waals surface area contributed by atoms with E-state index in [-0.39, 0.29) is 11.9 Å². The first-order chi connectivity index (χ1) is 14.6. The van der Waals surface area contributed by atoms with Crippen molar-refractivity contribution in [3.8, 4) is 0 Å². The number of hydrogen-bond donors (Lipinski definition) is 3. The summed E-state index contributed by atoms with van der Waals surface area (Å²) >= 11 is 1.65. The van der Waals surface area contributed by atoms with Crippen LogP contribution in [0.4, 0.5) is 21.9 Å². The Morgan fingerprint density at radius 3 is 2.30 bits per heavy atom. The number of nitrogens with zero attached hydrogens (tertiary/aromatic N) is 1. The van der Waals surface area contributed by atoms with Crippen LogP contribution in [-0.2, 0) is 0 Å². The van der Waals surface area contributed by atoms with Crippen LogP contribution in [0.2, 0.25) is 0 Å². The van der Waals surface area contributed by atoms with Gasteiger partial charge in [0, 0.05) is 41.6 Å². The fraction of sp³-hybridized carbons (Fsp3) is 0.391. The Balaban J connectivity index is 1.74. The minimum absolute atomic E-state index is 0.103. The molecule has 7 heteroatoms. The molecular weight excluding hydrogens is 396 g/mol. The van der Waals surface area contributed by atoms with Crippen molar-refractivity contribution in [1.82, 2.24) is 5.32 Å². The van der Waals surface area contributed by atoms with Gasteiger partial charge in [-0.15, -0.1) is 11.8 Å². The van der Waals surface area contributed by atoms with Gasteiger partial charge in [0.25, 0.3) is 5.91 Å². The highest BCUT2D eigenvalue weighted by molar-refractivity contribution is 7.98. The lowest BCUT2D eigenvalue weighted by Gasteiger charge is -2.30. The van der Waals surface area contributed by atoms with Crippen LogP contribution in [-0.4, -0.2) is 37.8 Å². The molecule has 2 aromatic carbocycles. The van der Waals surface area contributed by atoms with E-state index < -0.39 is 0 Å². The van der Waals surface area contributed by atoms with Gasteiger partial charge in [0.1, 0.15) is 0 Å². The number of piperidine rings is 1. The van der Waals surface area contributed by atoms with Crippen LogP contribution in [0.3, 0.4) is 0 Å². The van der Waals surface area contributed by atoms with Crippen LogP contribution >= 0.6 is 11.8 Å². The third kappa shape index (κ3) is 5.92. The monoisotopic (exact) mass is 426 g/mol. The summed E-state index contributed by atoms with van der Waals surface area (Å²) in [7, 11) is 0. The molecular formula is C23H30N4O2S. The average molecular weight is 427 g/mol. The molecule has 3 amide bonds. The molecule has 0 aromatic heterocycles. The Morgan fingerprint density at radius 1 is 0.967 bits per heavy atom. The third-order valence-corrected chi connectivity index (χ3v) is 5.82. The van der Waals surface area contributed by atoms with Crippen molar-refractivity contribution in [3.63, 3.8) is 0 Å². The molecule has 1 fully saturated rings. The maximum atomic E-state index is 12.8. The summed E-state index contributed by atoms with van der Waals surface area (Å²) in [5.41, 5.74) is 2.85. The zero-order chi connectivity index (χ0) is 21.3. The maximum absolute atomic E-state index is 12.8. The highest BCUT2D eigenvalue weighted by Gasteiger charge is 2.19.